The van der Waals surface area contributed by atoms with E-state index in [9.17, 15) is 29.4 Å². The Balaban J connectivity index is 1.29. The summed E-state index contributed by atoms with van der Waals surface area (Å²) in [6.07, 6.45) is 9.15. The molecule has 2 bridgehead atoms. The Hall–Kier alpha value is -4.18. The Morgan fingerprint density at radius 1 is 0.956 bits per heavy atom. The van der Waals surface area contributed by atoms with Crippen molar-refractivity contribution >= 4 is 40.0 Å². The third kappa shape index (κ3) is 12.0. The van der Waals surface area contributed by atoms with Crippen LogP contribution >= 0.6 is 0 Å². The number of anilines is 1. The van der Waals surface area contributed by atoms with Crippen molar-refractivity contribution in [1.82, 2.24) is 9.47 Å². The average Bonchev–Trinajstić information content (AvgIpc) is 3.73. The van der Waals surface area contributed by atoms with Crippen LogP contribution in [0, 0.1) is 29.6 Å². The highest BCUT2D eigenvalue weighted by Gasteiger charge is 2.56. The fourth-order valence-corrected chi connectivity index (χ4v) is 11.4. The van der Waals surface area contributed by atoms with Gasteiger partial charge in [0.05, 0.1) is 30.5 Å². The molecule has 376 valence electrons. The Morgan fingerprint density at radius 2 is 1.68 bits per heavy atom. The lowest BCUT2D eigenvalue weighted by Gasteiger charge is -2.47. The third-order valence-corrected chi connectivity index (χ3v) is 15.4. The molecule has 1 amide bonds. The van der Waals surface area contributed by atoms with Crippen molar-refractivity contribution in [1.29, 1.82) is 0 Å². The SMILES string of the molecule is C=CCn1ccc2cc(NC3CCC(C=C(C)C4OC(=O)C5CCCCN5C(=O)C(=O)C5(O)OC(C(OC)CC(C)C/C(C)=C/C(CC)C(=O)CC(O)C4C)C(OC)CC5C)CC3OC)ccc21. The van der Waals surface area contributed by atoms with Crippen LogP contribution in [-0.2, 0) is 49.4 Å². The summed E-state index contributed by atoms with van der Waals surface area (Å²) < 4.78 is 32.8. The van der Waals surface area contributed by atoms with Crippen LogP contribution in [0.1, 0.15) is 112 Å². The van der Waals surface area contributed by atoms with Gasteiger partial charge in [-0.25, -0.2) is 4.79 Å². The number of methoxy groups -OCH3 is 3. The van der Waals surface area contributed by atoms with Gasteiger partial charge in [0.15, 0.2) is 0 Å². The molecule has 4 heterocycles. The van der Waals surface area contributed by atoms with Gasteiger partial charge >= 0.3 is 5.97 Å². The van der Waals surface area contributed by atoms with Crippen molar-refractivity contribution in [3.8, 4) is 0 Å². The predicted octanol–water partition coefficient (Wildman–Crippen LogP) is 7.73. The van der Waals surface area contributed by atoms with E-state index in [0.29, 0.717) is 44.1 Å². The van der Waals surface area contributed by atoms with Gasteiger partial charge in [-0.05, 0) is 120 Å². The number of nitrogens with zero attached hydrogens (tertiary/aromatic N) is 2. The number of carbonyl (C=O) groups is 4. The summed E-state index contributed by atoms with van der Waals surface area (Å²) in [6, 6.07) is 7.38. The summed E-state index contributed by atoms with van der Waals surface area (Å²) >= 11 is 0. The van der Waals surface area contributed by atoms with Gasteiger partial charge in [0.2, 0.25) is 5.79 Å². The summed E-state index contributed by atoms with van der Waals surface area (Å²) in [4.78, 5) is 58.6. The molecular formula is C54H79N3O11. The standard InChI is InChI=1S/C54H79N3O11/c1-11-21-56-23-20-39-30-40(17-19-42(39)56)55-41-18-16-37(29-46(41)64-8)27-34(5)49-36(7)44(58)31-45(59)38(12-2)25-32(3)24-33(4)26-47(65-9)50-48(66-10)28-35(6)54(63,68-50)51(60)52(61)57-22-14-13-15-43(57)53(62)67-49/h11,17,19-20,23,25,27,30,33,35-38,41,43-44,46-50,55,58,63H,1,12-16,18,21-22,24,26,28-29,31H2,2-10H3/b32-25+,34-27?. The maximum absolute atomic E-state index is 14.6. The van der Waals surface area contributed by atoms with Crippen LogP contribution in [0.3, 0.4) is 0 Å². The smallest absolute Gasteiger partial charge is 0.329 e. The Morgan fingerprint density at radius 3 is 2.37 bits per heavy atom. The van der Waals surface area contributed by atoms with Crippen LogP contribution in [0.5, 0.6) is 0 Å². The monoisotopic (exact) mass is 946 g/mol. The minimum Gasteiger partial charge on any atom is -0.456 e. The molecule has 2 aromatic rings. The number of benzene rings is 1. The first-order valence-electron chi connectivity index (χ1n) is 25.0. The normalized spacial score (nSPS) is 36.3. The maximum atomic E-state index is 14.6. The van der Waals surface area contributed by atoms with Crippen molar-refractivity contribution in [2.24, 2.45) is 29.6 Å². The summed E-state index contributed by atoms with van der Waals surface area (Å²) in [5.41, 5.74) is 3.86. The number of aliphatic hydroxyl groups excluding tert-OH is 1. The van der Waals surface area contributed by atoms with E-state index >= 15 is 0 Å². The number of amides is 1. The van der Waals surface area contributed by atoms with Gasteiger partial charge in [0.1, 0.15) is 24.0 Å². The summed E-state index contributed by atoms with van der Waals surface area (Å²) in [7, 11) is 4.80. The Labute approximate surface area is 403 Å². The number of allylic oxidation sites excluding steroid dienone is 4. The number of ether oxygens (including phenoxy) is 5. The molecule has 1 aliphatic carbocycles. The summed E-state index contributed by atoms with van der Waals surface area (Å²) in [5.74, 6) is -7.42. The van der Waals surface area contributed by atoms with Crippen molar-refractivity contribution in [2.75, 3.05) is 33.2 Å². The molecule has 6 rings (SSSR count). The van der Waals surface area contributed by atoms with Crippen LogP contribution in [0.25, 0.3) is 10.9 Å². The molecule has 3 fully saturated rings. The van der Waals surface area contributed by atoms with E-state index in [1.54, 1.807) is 35.2 Å². The number of aliphatic hydroxyl groups is 2. The Bertz CT molecular complexity index is 2150. The lowest BCUT2D eigenvalue weighted by atomic mass is 9.80. The number of Topliss-reactive ketones (excluding diaryl/α,β-unsaturated/α-hetero) is 2. The number of hydrogen-bond acceptors (Lipinski definition) is 12. The third-order valence-electron chi connectivity index (χ3n) is 15.4. The lowest BCUT2D eigenvalue weighted by Crippen LogP contribution is -2.64. The summed E-state index contributed by atoms with van der Waals surface area (Å²) in [6.45, 7) is 16.0. The molecule has 3 aliphatic heterocycles. The highest BCUT2D eigenvalue weighted by Crippen LogP contribution is 2.40. The zero-order valence-electron chi connectivity index (χ0n) is 42.0. The van der Waals surface area contributed by atoms with E-state index in [-0.39, 0.29) is 55.6 Å². The molecule has 14 nitrogen and oxygen atoms in total. The molecule has 2 saturated heterocycles. The molecule has 0 radical (unpaired) electrons. The van der Waals surface area contributed by atoms with Crippen molar-refractivity contribution < 1.29 is 53.1 Å². The minimum atomic E-state index is -2.51. The number of fused-ring (bicyclic) bond motifs is 4. The second-order valence-corrected chi connectivity index (χ2v) is 20.4. The van der Waals surface area contributed by atoms with Crippen LogP contribution in [0.2, 0.25) is 0 Å². The zero-order chi connectivity index (χ0) is 49.4. The number of carbonyl (C=O) groups excluding carboxylic acids is 4. The Kier molecular flexibility index (Phi) is 18.5. The van der Waals surface area contributed by atoms with Crippen LogP contribution in [0.4, 0.5) is 5.69 Å². The van der Waals surface area contributed by atoms with Gasteiger partial charge in [-0.2, -0.15) is 0 Å². The molecule has 4 aliphatic rings. The van der Waals surface area contributed by atoms with Crippen LogP contribution in [0.15, 0.2) is 66.4 Å². The van der Waals surface area contributed by atoms with E-state index < -0.39 is 77.8 Å². The molecule has 1 aromatic carbocycles. The first-order chi connectivity index (χ1) is 32.5. The highest BCUT2D eigenvalue weighted by molar-refractivity contribution is 6.39. The number of piperidine rings is 1. The van der Waals surface area contributed by atoms with E-state index in [1.807, 2.05) is 32.9 Å². The second kappa shape index (κ2) is 23.6. The molecular weight excluding hydrogens is 867 g/mol. The average molecular weight is 946 g/mol. The lowest BCUT2D eigenvalue weighted by molar-refractivity contribution is -0.302. The fourth-order valence-electron chi connectivity index (χ4n) is 11.4. The summed E-state index contributed by atoms with van der Waals surface area (Å²) in [5, 5.41) is 28.9. The van der Waals surface area contributed by atoms with Crippen molar-refractivity contribution in [2.45, 2.75) is 173 Å². The number of rotatable bonds is 10. The van der Waals surface area contributed by atoms with E-state index in [2.05, 4.69) is 59.9 Å². The molecule has 3 N–H and O–H groups in total. The quantitative estimate of drug-likeness (QED) is 0.120. The second-order valence-electron chi connectivity index (χ2n) is 20.4. The van der Waals surface area contributed by atoms with Gasteiger partial charge in [0.25, 0.3) is 11.7 Å². The van der Waals surface area contributed by atoms with Gasteiger partial charge in [-0.3, -0.25) is 14.4 Å². The van der Waals surface area contributed by atoms with Crippen molar-refractivity contribution in [3.05, 3.63) is 66.4 Å². The molecule has 1 saturated carbocycles. The number of cyclic esters (lactones) is 1. The number of esters is 1. The first-order valence-corrected chi connectivity index (χ1v) is 25.0. The molecule has 1 aromatic heterocycles. The fraction of sp³-hybridized carbons (Fsp3) is 0.667. The number of nitrogens with one attached hydrogen (secondary N) is 1. The maximum Gasteiger partial charge on any atom is 0.329 e. The highest BCUT2D eigenvalue weighted by atomic mass is 16.7. The van der Waals surface area contributed by atoms with E-state index in [4.69, 9.17) is 23.7 Å². The van der Waals surface area contributed by atoms with Crippen molar-refractivity contribution in [3.63, 3.8) is 0 Å². The topological polar surface area (TPSA) is 175 Å². The molecule has 68 heavy (non-hydrogen) atoms. The van der Waals surface area contributed by atoms with Gasteiger partial charge in [0, 0.05) is 81.4 Å². The van der Waals surface area contributed by atoms with Gasteiger partial charge in [-0.15, -0.1) is 6.58 Å². The first kappa shape index (κ1) is 53.2. The number of hydrogen-bond donors (Lipinski definition) is 3. The largest absolute Gasteiger partial charge is 0.456 e. The van der Waals surface area contributed by atoms with Crippen LogP contribution < -0.4 is 5.32 Å². The molecule has 14 heteroatoms. The van der Waals surface area contributed by atoms with Crippen LogP contribution in [-0.4, -0.2) is 125 Å². The minimum absolute atomic E-state index is 0.0317. The van der Waals surface area contributed by atoms with E-state index in [1.165, 1.54) is 4.90 Å². The molecule has 0 spiro atoms. The van der Waals surface area contributed by atoms with Gasteiger partial charge in [-0.1, -0.05) is 51.5 Å². The predicted molar refractivity (Wildman–Crippen MR) is 262 cm³/mol. The number of aromatic nitrogens is 1. The molecule has 14 atom stereocenters. The van der Waals surface area contributed by atoms with Gasteiger partial charge < -0.3 is 48.7 Å². The number of ketones is 2. The molecule has 14 unspecified atom stereocenters. The van der Waals surface area contributed by atoms with E-state index in [0.717, 1.165) is 41.5 Å². The zero-order valence-corrected chi connectivity index (χ0v) is 42.0.